The summed E-state index contributed by atoms with van der Waals surface area (Å²) in [5.41, 5.74) is 2.55. The van der Waals surface area contributed by atoms with E-state index in [0.717, 1.165) is 27.9 Å². The minimum Gasteiger partial charge on any atom is -0.269 e. The summed E-state index contributed by atoms with van der Waals surface area (Å²) in [6.07, 6.45) is 7.34. The summed E-state index contributed by atoms with van der Waals surface area (Å²) in [5.74, 6) is -0.492. The molecule has 0 unspecified atom stereocenters. The first-order chi connectivity index (χ1) is 14.4. The normalized spacial score (nSPS) is 14.2. The lowest BCUT2D eigenvalue weighted by molar-refractivity contribution is 0.587. The molecule has 5 rings (SSSR count). The summed E-state index contributed by atoms with van der Waals surface area (Å²) in [6, 6.07) is 14.8. The van der Waals surface area contributed by atoms with Gasteiger partial charge in [-0.25, -0.2) is 16.8 Å². The predicted octanol–water partition coefficient (Wildman–Crippen LogP) is 4.91. The molecular weight excluding hydrogens is 401 g/mol. The van der Waals surface area contributed by atoms with Crippen molar-refractivity contribution in [3.8, 4) is 22.4 Å². The molecule has 5 nitrogen and oxygen atoms in total. The van der Waals surface area contributed by atoms with Crippen molar-refractivity contribution in [3.05, 3.63) is 91.5 Å². The van der Waals surface area contributed by atoms with Gasteiger partial charge >= 0.3 is 0 Å². The van der Waals surface area contributed by atoms with Crippen molar-refractivity contribution in [2.45, 2.75) is 23.8 Å². The largest absolute Gasteiger partial charge is 0.269 e. The van der Waals surface area contributed by atoms with Gasteiger partial charge in [0.05, 0.1) is 22.8 Å². The Bertz CT molecular complexity index is 1350. The van der Waals surface area contributed by atoms with Gasteiger partial charge in [-0.2, -0.15) is 5.10 Å². The van der Waals surface area contributed by atoms with E-state index in [9.17, 15) is 12.8 Å². The van der Waals surface area contributed by atoms with Gasteiger partial charge in [-0.15, -0.1) is 0 Å². The van der Waals surface area contributed by atoms with Crippen LogP contribution in [-0.2, 0) is 10.0 Å². The van der Waals surface area contributed by atoms with Crippen LogP contribution in [0.5, 0.6) is 0 Å². The van der Waals surface area contributed by atoms with E-state index in [-0.39, 0.29) is 16.2 Å². The Labute approximate surface area is 174 Å². The number of benzene rings is 2. The number of nitrogens with zero attached hydrogens (tertiary/aromatic N) is 3. The number of rotatable bonds is 5. The molecule has 2 heterocycles. The van der Waals surface area contributed by atoms with E-state index >= 15 is 0 Å². The topological polar surface area (TPSA) is 56.9 Å². The van der Waals surface area contributed by atoms with E-state index in [2.05, 4.69) is 12.0 Å². The molecule has 2 aromatic heterocycles. The summed E-state index contributed by atoms with van der Waals surface area (Å²) in [6.45, 7) is 3.84. The molecule has 4 aromatic rings. The molecule has 0 atom stereocenters. The number of halogens is 1. The molecule has 1 aliphatic rings. The van der Waals surface area contributed by atoms with Crippen LogP contribution in [-0.4, -0.2) is 22.2 Å². The second-order valence-corrected chi connectivity index (χ2v) is 9.30. The smallest absolute Gasteiger partial charge is 0.268 e. The SMILES string of the molecule is [CH2]c1cc(-c2ccccc2F)n(S(=O)(=O)c2cccc(-c3cnn(C4CC4)c3)c2)c1. The van der Waals surface area contributed by atoms with Crippen molar-refractivity contribution < 1.29 is 12.8 Å². The van der Waals surface area contributed by atoms with Gasteiger partial charge in [0.1, 0.15) is 5.82 Å². The number of hydrogen-bond acceptors (Lipinski definition) is 3. The molecule has 0 spiro atoms. The van der Waals surface area contributed by atoms with E-state index in [1.54, 1.807) is 42.6 Å². The van der Waals surface area contributed by atoms with Crippen molar-refractivity contribution in [1.82, 2.24) is 13.8 Å². The maximum atomic E-state index is 14.4. The highest BCUT2D eigenvalue weighted by molar-refractivity contribution is 7.90. The molecule has 30 heavy (non-hydrogen) atoms. The highest BCUT2D eigenvalue weighted by Crippen LogP contribution is 2.35. The van der Waals surface area contributed by atoms with Crippen LogP contribution in [0.1, 0.15) is 24.4 Å². The molecule has 2 aromatic carbocycles. The second-order valence-electron chi connectivity index (χ2n) is 7.48. The van der Waals surface area contributed by atoms with Crippen LogP contribution in [0.3, 0.4) is 0 Å². The average molecular weight is 420 g/mol. The van der Waals surface area contributed by atoms with Crippen LogP contribution < -0.4 is 0 Å². The Morgan fingerprint density at radius 2 is 1.80 bits per heavy atom. The predicted molar refractivity (Wildman–Crippen MR) is 113 cm³/mol. The summed E-state index contributed by atoms with van der Waals surface area (Å²) >= 11 is 0. The van der Waals surface area contributed by atoms with Crippen molar-refractivity contribution in [3.63, 3.8) is 0 Å². The standard InChI is InChI=1S/C23H19FN3O2S/c1-16-11-23(21-7-2-3-8-22(21)24)27(14-16)30(28,29)20-6-4-5-17(12-20)18-13-25-26(15-18)19-9-10-19/h2-8,11-15,19H,1,9-10H2. The molecule has 7 heteroatoms. The van der Waals surface area contributed by atoms with Gasteiger partial charge in [-0.3, -0.25) is 4.68 Å². The fourth-order valence-corrected chi connectivity index (χ4v) is 4.97. The molecule has 0 amide bonds. The Morgan fingerprint density at radius 3 is 2.57 bits per heavy atom. The van der Waals surface area contributed by atoms with Crippen LogP contribution in [0.4, 0.5) is 4.39 Å². The zero-order chi connectivity index (χ0) is 20.9. The Hall–Kier alpha value is -3.19. The Morgan fingerprint density at radius 1 is 1.00 bits per heavy atom. The van der Waals surface area contributed by atoms with Crippen molar-refractivity contribution in [2.24, 2.45) is 0 Å². The van der Waals surface area contributed by atoms with Crippen molar-refractivity contribution in [2.75, 3.05) is 0 Å². The van der Waals surface area contributed by atoms with E-state index in [4.69, 9.17) is 0 Å². The first-order valence-electron chi connectivity index (χ1n) is 9.63. The highest BCUT2D eigenvalue weighted by atomic mass is 32.2. The van der Waals surface area contributed by atoms with Crippen LogP contribution in [0.25, 0.3) is 22.4 Å². The van der Waals surface area contributed by atoms with Gasteiger partial charge in [-0.05, 0) is 61.2 Å². The lowest BCUT2D eigenvalue weighted by Crippen LogP contribution is -2.13. The number of aromatic nitrogens is 3. The fraction of sp³-hybridized carbons (Fsp3) is 0.130. The maximum absolute atomic E-state index is 14.4. The zero-order valence-corrected chi connectivity index (χ0v) is 16.9. The quantitative estimate of drug-likeness (QED) is 0.461. The molecule has 1 saturated carbocycles. The van der Waals surface area contributed by atoms with Crippen molar-refractivity contribution in [1.29, 1.82) is 0 Å². The third-order valence-corrected chi connectivity index (χ3v) is 6.91. The second kappa shape index (κ2) is 6.95. The first-order valence-corrected chi connectivity index (χ1v) is 11.1. The molecular formula is C23H19FN3O2S. The third kappa shape index (κ3) is 3.25. The van der Waals surface area contributed by atoms with Crippen LogP contribution in [0.15, 0.2) is 78.1 Å². The summed E-state index contributed by atoms with van der Waals surface area (Å²) in [5, 5.41) is 4.38. The zero-order valence-electron chi connectivity index (χ0n) is 16.1. The fourth-order valence-electron chi connectivity index (χ4n) is 3.54. The molecule has 1 aliphatic carbocycles. The van der Waals surface area contributed by atoms with E-state index < -0.39 is 15.8 Å². The summed E-state index contributed by atoms with van der Waals surface area (Å²) < 4.78 is 44.3. The molecule has 151 valence electrons. The van der Waals surface area contributed by atoms with Gasteiger partial charge in [0, 0.05) is 23.5 Å². The molecule has 0 aliphatic heterocycles. The minimum absolute atomic E-state index is 0.118. The highest BCUT2D eigenvalue weighted by Gasteiger charge is 2.25. The average Bonchev–Trinajstić information content (AvgIpc) is 3.33. The molecule has 0 N–H and O–H groups in total. The van der Waals surface area contributed by atoms with Crippen LogP contribution in [0.2, 0.25) is 0 Å². The van der Waals surface area contributed by atoms with E-state index in [1.165, 1.54) is 18.3 Å². The lowest BCUT2D eigenvalue weighted by atomic mass is 10.1. The van der Waals surface area contributed by atoms with Gasteiger partial charge < -0.3 is 0 Å². The van der Waals surface area contributed by atoms with Crippen molar-refractivity contribution >= 4 is 10.0 Å². The summed E-state index contributed by atoms with van der Waals surface area (Å²) in [7, 11) is -3.96. The third-order valence-electron chi connectivity index (χ3n) is 5.24. The van der Waals surface area contributed by atoms with E-state index in [1.807, 2.05) is 16.9 Å². The molecule has 1 radical (unpaired) electrons. The monoisotopic (exact) mass is 420 g/mol. The molecule has 1 fully saturated rings. The Balaban J connectivity index is 1.59. The first kappa shape index (κ1) is 18.8. The van der Waals surface area contributed by atoms with Gasteiger partial charge in [0.25, 0.3) is 10.0 Å². The van der Waals surface area contributed by atoms with Gasteiger partial charge in [-0.1, -0.05) is 24.3 Å². The lowest BCUT2D eigenvalue weighted by Gasteiger charge is -2.12. The Kier molecular flexibility index (Phi) is 4.36. The maximum Gasteiger partial charge on any atom is 0.268 e. The minimum atomic E-state index is -3.96. The number of hydrogen-bond donors (Lipinski definition) is 0. The van der Waals surface area contributed by atoms with E-state index in [0.29, 0.717) is 11.6 Å². The van der Waals surface area contributed by atoms with Crippen LogP contribution >= 0.6 is 0 Å². The van der Waals surface area contributed by atoms with Gasteiger partial charge in [0.2, 0.25) is 0 Å². The van der Waals surface area contributed by atoms with Gasteiger partial charge in [0.15, 0.2) is 0 Å². The molecule has 0 bridgehead atoms. The summed E-state index contributed by atoms with van der Waals surface area (Å²) in [4.78, 5) is 0.118. The van der Waals surface area contributed by atoms with Crippen LogP contribution in [0, 0.1) is 12.7 Å². The molecule has 0 saturated heterocycles.